The van der Waals surface area contributed by atoms with Crippen molar-refractivity contribution in [3.05, 3.63) is 6.07 Å². The van der Waals surface area contributed by atoms with E-state index in [1.54, 1.807) is 0 Å². The maximum absolute atomic E-state index is 5.44. The summed E-state index contributed by atoms with van der Waals surface area (Å²) in [4.78, 5) is 13.5. The Morgan fingerprint density at radius 1 is 1.33 bits per heavy atom. The van der Waals surface area contributed by atoms with E-state index in [0.29, 0.717) is 5.82 Å². The lowest BCUT2D eigenvalue weighted by molar-refractivity contribution is 0.270. The van der Waals surface area contributed by atoms with E-state index < -0.39 is 0 Å². The fraction of sp³-hybridized carbons (Fsp3) is 0.636. The van der Waals surface area contributed by atoms with E-state index in [4.69, 9.17) is 5.84 Å². The van der Waals surface area contributed by atoms with E-state index in [1.165, 1.54) is 11.8 Å². The lowest BCUT2D eigenvalue weighted by Gasteiger charge is -2.34. The van der Waals surface area contributed by atoms with Crippen molar-refractivity contribution in [2.75, 3.05) is 49.3 Å². The van der Waals surface area contributed by atoms with Crippen LogP contribution in [0.3, 0.4) is 0 Å². The molecule has 0 unspecified atom stereocenters. The number of anilines is 2. The Hall–Kier alpha value is -1.05. The second-order valence-electron chi connectivity index (χ2n) is 4.16. The van der Waals surface area contributed by atoms with E-state index >= 15 is 0 Å². The van der Waals surface area contributed by atoms with Gasteiger partial charge in [0, 0.05) is 32.2 Å². The van der Waals surface area contributed by atoms with Crippen LogP contribution in [-0.2, 0) is 0 Å². The number of hydrazine groups is 1. The Bertz CT molecular complexity index is 369. The predicted octanol–water partition coefficient (Wildman–Crippen LogP) is 0.626. The van der Waals surface area contributed by atoms with Crippen LogP contribution in [0.4, 0.5) is 11.6 Å². The van der Waals surface area contributed by atoms with E-state index in [1.807, 2.05) is 12.3 Å². The molecule has 0 saturated carbocycles. The second-order valence-corrected chi connectivity index (χ2v) is 4.94. The minimum Gasteiger partial charge on any atom is -0.354 e. The summed E-state index contributed by atoms with van der Waals surface area (Å²) in [6.07, 6.45) is 1.97. The van der Waals surface area contributed by atoms with E-state index in [-0.39, 0.29) is 0 Å². The summed E-state index contributed by atoms with van der Waals surface area (Å²) in [5, 5.41) is 0.748. The molecule has 0 spiro atoms. The topological polar surface area (TPSA) is 70.3 Å². The van der Waals surface area contributed by atoms with Crippen molar-refractivity contribution in [3.63, 3.8) is 0 Å². The molecule has 0 aliphatic carbocycles. The van der Waals surface area contributed by atoms with Crippen LogP contribution in [-0.4, -0.2) is 53.8 Å². The zero-order valence-electron chi connectivity index (χ0n) is 10.9. The number of aromatic nitrogens is 2. The maximum Gasteiger partial charge on any atom is 0.191 e. The summed E-state index contributed by atoms with van der Waals surface area (Å²) >= 11 is 1.53. The summed E-state index contributed by atoms with van der Waals surface area (Å²) in [5.74, 6) is 7.06. The van der Waals surface area contributed by atoms with Crippen LogP contribution in [0.1, 0.15) is 6.92 Å². The first kappa shape index (κ1) is 13.4. The van der Waals surface area contributed by atoms with Gasteiger partial charge < -0.3 is 15.2 Å². The summed E-state index contributed by atoms with van der Waals surface area (Å²) in [6.45, 7) is 7.48. The maximum atomic E-state index is 5.44. The van der Waals surface area contributed by atoms with E-state index in [0.717, 1.165) is 43.7 Å². The summed E-state index contributed by atoms with van der Waals surface area (Å²) in [5.41, 5.74) is 2.60. The average Bonchev–Trinajstić information content (AvgIpc) is 2.46. The largest absolute Gasteiger partial charge is 0.354 e. The molecule has 18 heavy (non-hydrogen) atoms. The van der Waals surface area contributed by atoms with Gasteiger partial charge in [0.15, 0.2) is 5.16 Å². The van der Waals surface area contributed by atoms with Gasteiger partial charge in [0.05, 0.1) is 0 Å². The molecule has 100 valence electrons. The van der Waals surface area contributed by atoms with Crippen molar-refractivity contribution in [2.45, 2.75) is 12.1 Å². The fourth-order valence-electron chi connectivity index (χ4n) is 2.03. The number of thioether (sulfide) groups is 1. The van der Waals surface area contributed by atoms with E-state index in [9.17, 15) is 0 Å². The number of likely N-dealkylation sites (N-methyl/N-ethyl adjacent to an activating group) is 1. The monoisotopic (exact) mass is 268 g/mol. The Balaban J connectivity index is 2.13. The molecular weight excluding hydrogens is 248 g/mol. The van der Waals surface area contributed by atoms with Gasteiger partial charge in [-0.15, -0.1) is 0 Å². The number of piperazine rings is 1. The highest BCUT2D eigenvalue weighted by molar-refractivity contribution is 7.98. The quantitative estimate of drug-likeness (QED) is 0.359. The first-order valence-corrected chi connectivity index (χ1v) is 7.36. The minimum absolute atomic E-state index is 0.669. The van der Waals surface area contributed by atoms with Crippen LogP contribution in [0.15, 0.2) is 11.2 Å². The number of nitrogens with one attached hydrogen (secondary N) is 1. The van der Waals surface area contributed by atoms with Crippen molar-refractivity contribution in [1.82, 2.24) is 14.9 Å². The number of nitrogens with two attached hydrogens (primary N) is 1. The van der Waals surface area contributed by atoms with Crippen LogP contribution in [0, 0.1) is 0 Å². The smallest absolute Gasteiger partial charge is 0.191 e. The summed E-state index contributed by atoms with van der Waals surface area (Å²) in [7, 11) is 0. The molecule has 1 aromatic heterocycles. The lowest BCUT2D eigenvalue weighted by atomic mass is 10.3. The number of nitrogen functional groups attached to an aromatic ring is 1. The Morgan fingerprint density at radius 2 is 2.06 bits per heavy atom. The van der Waals surface area contributed by atoms with Gasteiger partial charge in [-0.1, -0.05) is 18.7 Å². The van der Waals surface area contributed by atoms with Gasteiger partial charge in [-0.05, 0) is 12.8 Å². The van der Waals surface area contributed by atoms with Crippen molar-refractivity contribution in [2.24, 2.45) is 5.84 Å². The fourth-order valence-corrected chi connectivity index (χ4v) is 2.41. The van der Waals surface area contributed by atoms with Gasteiger partial charge in [0.25, 0.3) is 0 Å². The van der Waals surface area contributed by atoms with Gasteiger partial charge in [0.2, 0.25) is 0 Å². The molecule has 1 aliphatic rings. The van der Waals surface area contributed by atoms with Crippen LogP contribution in [0.2, 0.25) is 0 Å². The van der Waals surface area contributed by atoms with Gasteiger partial charge in [-0.2, -0.15) is 0 Å². The average molecular weight is 268 g/mol. The van der Waals surface area contributed by atoms with Crippen molar-refractivity contribution in [3.8, 4) is 0 Å². The highest BCUT2D eigenvalue weighted by Gasteiger charge is 2.18. The molecule has 0 atom stereocenters. The molecule has 6 nitrogen and oxygen atoms in total. The molecule has 1 aromatic rings. The molecule has 2 rings (SSSR count). The second kappa shape index (κ2) is 6.21. The third-order valence-electron chi connectivity index (χ3n) is 3.17. The number of rotatable bonds is 4. The zero-order chi connectivity index (χ0) is 13.0. The molecule has 0 aromatic carbocycles. The first-order valence-electron chi connectivity index (χ1n) is 6.13. The highest BCUT2D eigenvalue weighted by Crippen LogP contribution is 2.20. The lowest BCUT2D eigenvalue weighted by Crippen LogP contribution is -2.46. The highest BCUT2D eigenvalue weighted by atomic mass is 32.2. The number of hydrogen-bond donors (Lipinski definition) is 2. The predicted molar refractivity (Wildman–Crippen MR) is 76.0 cm³/mol. The van der Waals surface area contributed by atoms with Crippen LogP contribution < -0.4 is 16.2 Å². The van der Waals surface area contributed by atoms with Crippen molar-refractivity contribution >= 4 is 23.4 Å². The van der Waals surface area contributed by atoms with Crippen LogP contribution >= 0.6 is 11.8 Å². The SMILES string of the molecule is CCN1CCN(c2cc(NN)nc(SC)n2)CC1. The van der Waals surface area contributed by atoms with Gasteiger partial charge in [0.1, 0.15) is 11.6 Å². The van der Waals surface area contributed by atoms with Crippen molar-refractivity contribution < 1.29 is 0 Å². The third-order valence-corrected chi connectivity index (χ3v) is 3.71. The van der Waals surface area contributed by atoms with Crippen LogP contribution in [0.5, 0.6) is 0 Å². The normalized spacial score (nSPS) is 16.9. The standard InChI is InChI=1S/C11H20N6S/c1-3-16-4-6-17(7-5-16)10-8-9(15-12)13-11(14-10)18-2/h8H,3-7,12H2,1-2H3,(H,13,14,15). The zero-order valence-corrected chi connectivity index (χ0v) is 11.7. The van der Waals surface area contributed by atoms with Crippen LogP contribution in [0.25, 0.3) is 0 Å². The molecule has 0 radical (unpaired) electrons. The Kier molecular flexibility index (Phi) is 4.62. The van der Waals surface area contributed by atoms with Crippen molar-refractivity contribution in [1.29, 1.82) is 0 Å². The molecule has 1 aliphatic heterocycles. The molecule has 0 bridgehead atoms. The number of hydrogen-bond acceptors (Lipinski definition) is 7. The first-order chi connectivity index (χ1) is 8.76. The summed E-state index contributed by atoms with van der Waals surface area (Å²) < 4.78 is 0. The third kappa shape index (κ3) is 3.04. The molecule has 1 fully saturated rings. The number of nitrogens with zero attached hydrogens (tertiary/aromatic N) is 4. The van der Waals surface area contributed by atoms with Gasteiger partial charge in [-0.25, -0.2) is 15.8 Å². The van der Waals surface area contributed by atoms with Gasteiger partial charge in [-0.3, -0.25) is 0 Å². The molecular formula is C11H20N6S. The molecule has 7 heteroatoms. The van der Waals surface area contributed by atoms with Gasteiger partial charge >= 0.3 is 0 Å². The van der Waals surface area contributed by atoms with E-state index in [2.05, 4.69) is 32.1 Å². The Labute approximate surface area is 112 Å². The molecule has 0 amide bonds. The molecule has 1 saturated heterocycles. The molecule has 2 heterocycles. The summed E-state index contributed by atoms with van der Waals surface area (Å²) in [6, 6.07) is 1.90. The Morgan fingerprint density at radius 3 is 2.61 bits per heavy atom. The molecule has 3 N–H and O–H groups in total. The minimum atomic E-state index is 0.669.